The summed E-state index contributed by atoms with van der Waals surface area (Å²) in [5, 5.41) is 13.0. The fourth-order valence-corrected chi connectivity index (χ4v) is 3.62. The van der Waals surface area contributed by atoms with Crippen molar-refractivity contribution in [2.75, 3.05) is 5.84 Å². The van der Waals surface area contributed by atoms with E-state index >= 15 is 0 Å². The maximum Gasteiger partial charge on any atom is 0.210 e. The van der Waals surface area contributed by atoms with E-state index in [9.17, 15) is 0 Å². The van der Waals surface area contributed by atoms with Gasteiger partial charge in [0.15, 0.2) is 11.6 Å². The lowest BCUT2D eigenvalue weighted by Gasteiger charge is -2.09. The zero-order valence-electron chi connectivity index (χ0n) is 16.2. The molecule has 0 aliphatic carbocycles. The zero-order valence-corrected chi connectivity index (χ0v) is 17.0. The van der Waals surface area contributed by atoms with Crippen LogP contribution >= 0.6 is 11.8 Å². The first-order valence-electron chi connectivity index (χ1n) is 9.13. The van der Waals surface area contributed by atoms with Crippen molar-refractivity contribution in [2.45, 2.75) is 31.4 Å². The van der Waals surface area contributed by atoms with E-state index in [4.69, 9.17) is 15.1 Å². The predicted octanol–water partition coefficient (Wildman–Crippen LogP) is 4.14. The van der Waals surface area contributed by atoms with Crippen molar-refractivity contribution in [3.8, 4) is 17.1 Å². The van der Waals surface area contributed by atoms with Gasteiger partial charge < -0.3 is 15.1 Å². The van der Waals surface area contributed by atoms with Gasteiger partial charge in [-0.15, -0.1) is 10.2 Å². The lowest BCUT2D eigenvalue weighted by Crippen LogP contribution is -2.16. The van der Waals surface area contributed by atoms with E-state index in [0.29, 0.717) is 16.7 Å². The van der Waals surface area contributed by atoms with Crippen LogP contribution in [-0.4, -0.2) is 20.0 Å². The van der Waals surface area contributed by atoms with Crippen molar-refractivity contribution < 1.29 is 9.26 Å². The van der Waals surface area contributed by atoms with Crippen LogP contribution in [0.25, 0.3) is 11.3 Å². The standard InChI is InChI=1S/C21H21N5O2S/c1-14-8-9-18(15(2)10-14)27-12-20-23-24-21(26(20)22)29-13-17-11-19(28-25-17)16-6-4-3-5-7-16/h3-11H,12-13,22H2,1-2H3. The molecule has 2 aromatic carbocycles. The summed E-state index contributed by atoms with van der Waals surface area (Å²) in [7, 11) is 0. The Bertz CT molecular complexity index is 1110. The van der Waals surface area contributed by atoms with E-state index in [-0.39, 0.29) is 6.61 Å². The van der Waals surface area contributed by atoms with Crippen LogP contribution < -0.4 is 10.6 Å². The van der Waals surface area contributed by atoms with Gasteiger partial charge >= 0.3 is 0 Å². The maximum atomic E-state index is 6.14. The maximum absolute atomic E-state index is 6.14. The van der Waals surface area contributed by atoms with Gasteiger partial charge in [-0.2, -0.15) is 0 Å². The highest BCUT2D eigenvalue weighted by atomic mass is 32.2. The van der Waals surface area contributed by atoms with E-state index in [0.717, 1.165) is 28.3 Å². The number of thioether (sulfide) groups is 1. The average molecular weight is 407 g/mol. The number of hydrogen-bond donors (Lipinski definition) is 1. The molecule has 0 saturated heterocycles. The Morgan fingerprint density at radius 3 is 2.69 bits per heavy atom. The molecule has 4 rings (SSSR count). The third kappa shape index (κ3) is 4.43. The van der Waals surface area contributed by atoms with Gasteiger partial charge in [0.1, 0.15) is 12.4 Å². The van der Waals surface area contributed by atoms with E-state index in [1.165, 1.54) is 22.0 Å². The minimum Gasteiger partial charge on any atom is -0.485 e. The van der Waals surface area contributed by atoms with Gasteiger partial charge in [0.25, 0.3) is 0 Å². The van der Waals surface area contributed by atoms with Gasteiger partial charge in [-0.25, -0.2) is 4.68 Å². The van der Waals surface area contributed by atoms with Crippen LogP contribution in [0.15, 0.2) is 64.3 Å². The highest BCUT2D eigenvalue weighted by Crippen LogP contribution is 2.25. The largest absolute Gasteiger partial charge is 0.485 e. The van der Waals surface area contributed by atoms with Gasteiger partial charge in [0.05, 0.1) is 5.69 Å². The first-order chi connectivity index (χ1) is 14.1. The lowest BCUT2D eigenvalue weighted by atomic mass is 10.1. The molecular weight excluding hydrogens is 386 g/mol. The molecule has 0 amide bonds. The molecule has 0 atom stereocenters. The van der Waals surface area contributed by atoms with E-state index in [1.807, 2.05) is 55.5 Å². The molecule has 2 aromatic heterocycles. The Morgan fingerprint density at radius 1 is 1.07 bits per heavy atom. The summed E-state index contributed by atoms with van der Waals surface area (Å²) in [4.78, 5) is 0. The van der Waals surface area contributed by atoms with Crippen LogP contribution in [-0.2, 0) is 12.4 Å². The van der Waals surface area contributed by atoms with E-state index in [1.54, 1.807) is 0 Å². The van der Waals surface area contributed by atoms with Crippen molar-refractivity contribution >= 4 is 11.8 Å². The number of ether oxygens (including phenoxy) is 1. The third-order valence-corrected chi connectivity index (χ3v) is 5.37. The fourth-order valence-electron chi connectivity index (χ4n) is 2.86. The second-order valence-corrected chi connectivity index (χ2v) is 7.61. The molecule has 4 aromatic rings. The highest BCUT2D eigenvalue weighted by molar-refractivity contribution is 7.98. The fraction of sp³-hybridized carbons (Fsp3) is 0.190. The second-order valence-electron chi connectivity index (χ2n) is 6.66. The summed E-state index contributed by atoms with van der Waals surface area (Å²) in [5.41, 5.74) is 4.07. The summed E-state index contributed by atoms with van der Waals surface area (Å²) in [6, 6.07) is 17.8. The number of aromatic nitrogens is 4. The van der Waals surface area contributed by atoms with Crippen LogP contribution in [0.2, 0.25) is 0 Å². The van der Waals surface area contributed by atoms with E-state index in [2.05, 4.69) is 28.3 Å². The topological polar surface area (TPSA) is 92.0 Å². The Morgan fingerprint density at radius 2 is 1.90 bits per heavy atom. The van der Waals surface area contributed by atoms with E-state index < -0.39 is 0 Å². The minimum absolute atomic E-state index is 0.246. The molecule has 0 bridgehead atoms. The van der Waals surface area contributed by atoms with Crippen LogP contribution in [0, 0.1) is 13.8 Å². The van der Waals surface area contributed by atoms with Gasteiger partial charge in [0, 0.05) is 17.4 Å². The second kappa shape index (κ2) is 8.40. The summed E-state index contributed by atoms with van der Waals surface area (Å²) in [6.07, 6.45) is 0. The van der Waals surface area contributed by atoms with Crippen LogP contribution in [0.3, 0.4) is 0 Å². The number of aryl methyl sites for hydroxylation is 2. The normalized spacial score (nSPS) is 11.0. The quantitative estimate of drug-likeness (QED) is 0.364. The smallest absolute Gasteiger partial charge is 0.210 e. The van der Waals surface area contributed by atoms with Gasteiger partial charge in [-0.1, -0.05) is 64.9 Å². The Balaban J connectivity index is 1.37. The van der Waals surface area contributed by atoms with Crippen LogP contribution in [0.4, 0.5) is 0 Å². The molecule has 0 saturated carbocycles. The molecular formula is C21H21N5O2S. The van der Waals surface area contributed by atoms with Crippen molar-refractivity contribution in [3.63, 3.8) is 0 Å². The lowest BCUT2D eigenvalue weighted by molar-refractivity contribution is 0.289. The van der Waals surface area contributed by atoms with Gasteiger partial charge in [-0.05, 0) is 25.5 Å². The molecule has 2 N–H and O–H groups in total. The van der Waals surface area contributed by atoms with Crippen molar-refractivity contribution in [3.05, 3.63) is 77.2 Å². The summed E-state index contributed by atoms with van der Waals surface area (Å²) >= 11 is 1.44. The molecule has 8 heteroatoms. The molecule has 7 nitrogen and oxygen atoms in total. The SMILES string of the molecule is Cc1ccc(OCc2nnc(SCc3cc(-c4ccccc4)on3)n2N)c(C)c1. The van der Waals surface area contributed by atoms with Gasteiger partial charge in [-0.3, -0.25) is 0 Å². The number of nitrogen functional groups attached to an aromatic ring is 1. The van der Waals surface area contributed by atoms with Crippen LogP contribution in [0.5, 0.6) is 5.75 Å². The van der Waals surface area contributed by atoms with Crippen LogP contribution in [0.1, 0.15) is 22.6 Å². The molecule has 0 fully saturated rings. The molecule has 2 heterocycles. The molecule has 0 unspecified atom stereocenters. The molecule has 29 heavy (non-hydrogen) atoms. The predicted molar refractivity (Wildman–Crippen MR) is 112 cm³/mol. The number of nitrogens with zero attached hydrogens (tertiary/aromatic N) is 4. The molecule has 0 radical (unpaired) electrons. The Kier molecular flexibility index (Phi) is 5.53. The minimum atomic E-state index is 0.246. The summed E-state index contributed by atoms with van der Waals surface area (Å²) < 4.78 is 12.7. The third-order valence-electron chi connectivity index (χ3n) is 4.39. The molecule has 0 aliphatic rings. The number of hydrogen-bond acceptors (Lipinski definition) is 7. The first-order valence-corrected chi connectivity index (χ1v) is 10.1. The molecule has 148 valence electrons. The number of nitrogens with two attached hydrogens (primary N) is 1. The summed E-state index contributed by atoms with van der Waals surface area (Å²) in [5.74, 6) is 8.81. The number of benzene rings is 2. The Labute approximate surface area is 172 Å². The highest BCUT2D eigenvalue weighted by Gasteiger charge is 2.13. The first kappa shape index (κ1) is 19.1. The monoisotopic (exact) mass is 407 g/mol. The molecule has 0 spiro atoms. The van der Waals surface area contributed by atoms with Crippen molar-refractivity contribution in [1.82, 2.24) is 20.0 Å². The van der Waals surface area contributed by atoms with Crippen molar-refractivity contribution in [2.24, 2.45) is 0 Å². The Hall–Kier alpha value is -3.26. The average Bonchev–Trinajstić information content (AvgIpc) is 3.33. The summed E-state index contributed by atoms with van der Waals surface area (Å²) in [6.45, 7) is 4.31. The van der Waals surface area contributed by atoms with Crippen molar-refractivity contribution in [1.29, 1.82) is 0 Å². The number of rotatable bonds is 7. The zero-order chi connectivity index (χ0) is 20.2. The molecule has 0 aliphatic heterocycles. The van der Waals surface area contributed by atoms with Gasteiger partial charge in [0.2, 0.25) is 5.16 Å².